The fourth-order valence-electron chi connectivity index (χ4n) is 3.40. The van der Waals surface area contributed by atoms with Crippen molar-refractivity contribution >= 4 is 17.3 Å². The third-order valence-corrected chi connectivity index (χ3v) is 5.77. The SMILES string of the molecule is Cc1cccc(C2(C(=O)O)CCN(Cc3cc(C#N)cs3)CC2)c1. The quantitative estimate of drug-likeness (QED) is 0.924. The van der Waals surface area contributed by atoms with Gasteiger partial charge in [0, 0.05) is 16.8 Å². The van der Waals surface area contributed by atoms with Gasteiger partial charge in [0.2, 0.25) is 0 Å². The predicted octanol–water partition coefficient (Wildman–Crippen LogP) is 3.55. The number of likely N-dealkylation sites (tertiary alicyclic amines) is 1. The Morgan fingerprint density at radius 3 is 2.71 bits per heavy atom. The number of benzene rings is 1. The summed E-state index contributed by atoms with van der Waals surface area (Å²) >= 11 is 1.59. The maximum atomic E-state index is 12.0. The fraction of sp³-hybridized carbons (Fsp3) is 0.368. The van der Waals surface area contributed by atoms with Crippen molar-refractivity contribution in [1.29, 1.82) is 5.26 Å². The van der Waals surface area contributed by atoms with Crippen molar-refractivity contribution in [1.82, 2.24) is 4.90 Å². The highest BCUT2D eigenvalue weighted by molar-refractivity contribution is 7.10. The van der Waals surface area contributed by atoms with E-state index in [1.807, 2.05) is 42.6 Å². The number of carboxylic acids is 1. The molecule has 1 aliphatic rings. The number of carbonyl (C=O) groups is 1. The van der Waals surface area contributed by atoms with Crippen LogP contribution < -0.4 is 0 Å². The molecule has 0 atom stereocenters. The first-order chi connectivity index (χ1) is 11.5. The number of hydrogen-bond acceptors (Lipinski definition) is 4. The lowest BCUT2D eigenvalue weighted by Crippen LogP contribution is -2.47. The Bertz CT molecular complexity index is 783. The molecule has 0 spiro atoms. The molecule has 4 nitrogen and oxygen atoms in total. The summed E-state index contributed by atoms with van der Waals surface area (Å²) in [5.41, 5.74) is 1.93. The minimum Gasteiger partial charge on any atom is -0.481 e. The van der Waals surface area contributed by atoms with Crippen molar-refractivity contribution in [3.05, 3.63) is 57.3 Å². The van der Waals surface area contributed by atoms with Crippen molar-refractivity contribution < 1.29 is 9.90 Å². The fourth-order valence-corrected chi connectivity index (χ4v) is 4.26. The summed E-state index contributed by atoms with van der Waals surface area (Å²) in [6, 6.07) is 12.0. The molecule has 1 saturated heterocycles. The molecule has 1 N–H and O–H groups in total. The Kier molecular flexibility index (Phi) is 4.70. The van der Waals surface area contributed by atoms with Crippen LogP contribution in [0.3, 0.4) is 0 Å². The van der Waals surface area contributed by atoms with Gasteiger partial charge in [-0.3, -0.25) is 9.69 Å². The first-order valence-electron chi connectivity index (χ1n) is 8.04. The van der Waals surface area contributed by atoms with Gasteiger partial charge in [0.1, 0.15) is 6.07 Å². The Morgan fingerprint density at radius 2 is 2.12 bits per heavy atom. The predicted molar refractivity (Wildman–Crippen MR) is 94.0 cm³/mol. The number of rotatable bonds is 4. The average Bonchev–Trinajstić information content (AvgIpc) is 3.03. The van der Waals surface area contributed by atoms with Crippen LogP contribution in [-0.4, -0.2) is 29.1 Å². The van der Waals surface area contributed by atoms with Gasteiger partial charge < -0.3 is 5.11 Å². The van der Waals surface area contributed by atoms with Crippen LogP contribution in [-0.2, 0) is 16.8 Å². The van der Waals surface area contributed by atoms with Crippen molar-refractivity contribution in [2.24, 2.45) is 0 Å². The average molecular weight is 340 g/mol. The number of aliphatic carboxylic acids is 1. The molecule has 1 fully saturated rings. The van der Waals surface area contributed by atoms with Gasteiger partial charge >= 0.3 is 5.97 Å². The summed E-state index contributed by atoms with van der Waals surface area (Å²) < 4.78 is 0. The topological polar surface area (TPSA) is 64.3 Å². The van der Waals surface area contributed by atoms with Crippen LogP contribution in [0, 0.1) is 18.3 Å². The molecule has 124 valence electrons. The van der Waals surface area contributed by atoms with Crippen molar-refractivity contribution in [3.8, 4) is 6.07 Å². The molecule has 1 aliphatic heterocycles. The summed E-state index contributed by atoms with van der Waals surface area (Å²) in [7, 11) is 0. The van der Waals surface area contributed by atoms with Crippen molar-refractivity contribution in [3.63, 3.8) is 0 Å². The second-order valence-electron chi connectivity index (χ2n) is 6.45. The molecule has 5 heteroatoms. The Labute approximate surface area is 146 Å². The van der Waals surface area contributed by atoms with Gasteiger partial charge in [-0.1, -0.05) is 29.8 Å². The van der Waals surface area contributed by atoms with E-state index in [1.165, 1.54) is 0 Å². The highest BCUT2D eigenvalue weighted by Gasteiger charge is 2.43. The van der Waals surface area contributed by atoms with Crippen molar-refractivity contribution in [2.45, 2.75) is 31.7 Å². The molecule has 1 aromatic heterocycles. The number of nitriles is 1. The number of nitrogens with zero attached hydrogens (tertiary/aromatic N) is 2. The smallest absolute Gasteiger partial charge is 0.314 e. The maximum Gasteiger partial charge on any atom is 0.314 e. The van der Waals surface area contributed by atoms with Crippen LogP contribution in [0.25, 0.3) is 0 Å². The van der Waals surface area contributed by atoms with Gasteiger partial charge in [-0.05, 0) is 44.5 Å². The van der Waals surface area contributed by atoms with E-state index >= 15 is 0 Å². The normalized spacial score (nSPS) is 17.3. The summed E-state index contributed by atoms with van der Waals surface area (Å²) in [5.74, 6) is -0.726. The molecule has 2 aromatic rings. The summed E-state index contributed by atoms with van der Waals surface area (Å²) in [4.78, 5) is 15.5. The summed E-state index contributed by atoms with van der Waals surface area (Å²) in [6.45, 7) is 4.29. The highest BCUT2D eigenvalue weighted by atomic mass is 32.1. The Hall–Kier alpha value is -2.16. The molecule has 2 heterocycles. The molecule has 0 aliphatic carbocycles. The molecule has 3 rings (SSSR count). The molecule has 0 radical (unpaired) electrons. The van der Waals surface area contributed by atoms with E-state index in [1.54, 1.807) is 11.3 Å². The van der Waals surface area contributed by atoms with E-state index in [0.717, 1.165) is 35.6 Å². The lowest BCUT2D eigenvalue weighted by Gasteiger charge is -2.39. The second-order valence-corrected chi connectivity index (χ2v) is 7.44. The van der Waals surface area contributed by atoms with Gasteiger partial charge in [0.05, 0.1) is 11.0 Å². The lowest BCUT2D eigenvalue weighted by atomic mass is 9.72. The molecule has 0 bridgehead atoms. The second kappa shape index (κ2) is 6.76. The first-order valence-corrected chi connectivity index (χ1v) is 8.92. The van der Waals surface area contributed by atoms with E-state index in [0.29, 0.717) is 18.4 Å². The third-order valence-electron chi connectivity index (χ3n) is 4.85. The van der Waals surface area contributed by atoms with E-state index < -0.39 is 11.4 Å². The largest absolute Gasteiger partial charge is 0.481 e. The van der Waals surface area contributed by atoms with Crippen LogP contribution in [0.5, 0.6) is 0 Å². The van der Waals surface area contributed by atoms with E-state index in [9.17, 15) is 9.90 Å². The zero-order valence-corrected chi connectivity index (χ0v) is 14.5. The minimum atomic E-state index is -0.782. The standard InChI is InChI=1S/C19H20N2O2S/c1-14-3-2-4-16(9-14)19(18(22)23)5-7-21(8-6-19)12-17-10-15(11-20)13-24-17/h2-4,9-10,13H,5-8,12H2,1H3,(H,22,23). The minimum absolute atomic E-state index is 0.613. The Balaban J connectivity index is 1.73. The van der Waals surface area contributed by atoms with Crippen LogP contribution in [0.1, 0.15) is 34.4 Å². The molecule has 24 heavy (non-hydrogen) atoms. The number of thiophene rings is 1. The number of hydrogen-bond donors (Lipinski definition) is 1. The van der Waals surface area contributed by atoms with Crippen molar-refractivity contribution in [2.75, 3.05) is 13.1 Å². The lowest BCUT2D eigenvalue weighted by molar-refractivity contribution is -0.146. The van der Waals surface area contributed by atoms with Gasteiger partial charge in [-0.15, -0.1) is 11.3 Å². The summed E-state index contributed by atoms with van der Waals surface area (Å²) in [5, 5.41) is 20.7. The molecule has 0 amide bonds. The van der Waals surface area contributed by atoms with Gasteiger partial charge in [-0.25, -0.2) is 0 Å². The van der Waals surface area contributed by atoms with Crippen LogP contribution >= 0.6 is 11.3 Å². The highest BCUT2D eigenvalue weighted by Crippen LogP contribution is 2.37. The molecular weight excluding hydrogens is 320 g/mol. The van der Waals surface area contributed by atoms with Crippen LogP contribution in [0.4, 0.5) is 0 Å². The third kappa shape index (κ3) is 3.21. The van der Waals surface area contributed by atoms with Crippen LogP contribution in [0.15, 0.2) is 35.7 Å². The van der Waals surface area contributed by atoms with Gasteiger partial charge in [0.25, 0.3) is 0 Å². The van der Waals surface area contributed by atoms with Gasteiger partial charge in [-0.2, -0.15) is 5.26 Å². The zero-order chi connectivity index (χ0) is 17.2. The first kappa shape index (κ1) is 16.7. The molecule has 1 aromatic carbocycles. The molecular formula is C19H20N2O2S. The number of piperidine rings is 1. The number of carboxylic acid groups (broad SMARTS) is 1. The molecule has 0 unspecified atom stereocenters. The Morgan fingerprint density at radius 1 is 1.38 bits per heavy atom. The van der Waals surface area contributed by atoms with Crippen LogP contribution in [0.2, 0.25) is 0 Å². The molecule has 0 saturated carbocycles. The van der Waals surface area contributed by atoms with E-state index in [4.69, 9.17) is 5.26 Å². The maximum absolute atomic E-state index is 12.0. The van der Waals surface area contributed by atoms with E-state index in [2.05, 4.69) is 11.0 Å². The van der Waals surface area contributed by atoms with Gasteiger partial charge in [0.15, 0.2) is 0 Å². The monoisotopic (exact) mass is 340 g/mol. The summed E-state index contributed by atoms with van der Waals surface area (Å²) in [6.07, 6.45) is 1.23. The van der Waals surface area contributed by atoms with E-state index in [-0.39, 0.29) is 0 Å². The zero-order valence-electron chi connectivity index (χ0n) is 13.7. The number of aryl methyl sites for hydroxylation is 1.